The van der Waals surface area contributed by atoms with Gasteiger partial charge in [-0.25, -0.2) is 4.79 Å². The van der Waals surface area contributed by atoms with Crippen LogP contribution in [0, 0.1) is 0 Å². The Morgan fingerprint density at radius 2 is 1.39 bits per heavy atom. The molecule has 0 aromatic heterocycles. The van der Waals surface area contributed by atoms with E-state index < -0.39 is 35.5 Å². The van der Waals surface area contributed by atoms with Crippen molar-refractivity contribution in [2.24, 2.45) is 0 Å². The lowest BCUT2D eigenvalue weighted by atomic mass is 10.00. The number of halogens is 6. The average Bonchev–Trinajstić information content (AvgIpc) is 3.17. The van der Waals surface area contributed by atoms with Gasteiger partial charge in [-0.15, -0.1) is 0 Å². The first kappa shape index (κ1) is 22.7. The van der Waals surface area contributed by atoms with Crippen LogP contribution in [0.25, 0.3) is 0 Å². The van der Waals surface area contributed by atoms with Crippen molar-refractivity contribution in [3.8, 4) is 0 Å². The maximum absolute atomic E-state index is 13.1. The molecule has 0 bridgehead atoms. The molecule has 1 unspecified atom stereocenters. The predicted octanol–water partition coefficient (Wildman–Crippen LogP) is 6.95. The van der Waals surface area contributed by atoms with Crippen LogP contribution < -0.4 is 4.90 Å². The minimum atomic E-state index is -4.52. The molecule has 172 valence electrons. The highest BCUT2D eigenvalue weighted by Crippen LogP contribution is 2.48. The van der Waals surface area contributed by atoms with Gasteiger partial charge in [0.15, 0.2) is 0 Å². The maximum atomic E-state index is 13.1. The topological polar surface area (TPSA) is 29.5 Å². The summed E-state index contributed by atoms with van der Waals surface area (Å²) in [5.41, 5.74) is 0.634. The van der Waals surface area contributed by atoms with Gasteiger partial charge < -0.3 is 9.64 Å². The lowest BCUT2D eigenvalue weighted by Gasteiger charge is -2.29. The molecule has 3 aromatic carbocycles. The van der Waals surface area contributed by atoms with Gasteiger partial charge in [0.2, 0.25) is 0 Å². The van der Waals surface area contributed by atoms with Gasteiger partial charge in [-0.3, -0.25) is 0 Å². The molecule has 1 aliphatic rings. The quantitative estimate of drug-likeness (QED) is 0.310. The molecular formula is C24H17F6NO2. The molecule has 0 fully saturated rings. The van der Waals surface area contributed by atoms with Crippen LogP contribution in [-0.4, -0.2) is 13.1 Å². The second-order valence-corrected chi connectivity index (χ2v) is 7.56. The van der Waals surface area contributed by atoms with Gasteiger partial charge in [0.1, 0.15) is 0 Å². The number of fused-ring (bicyclic) bond motifs is 1. The molecule has 0 N–H and O–H groups in total. The fourth-order valence-electron chi connectivity index (χ4n) is 4.05. The Hall–Kier alpha value is -3.49. The third-order valence-electron chi connectivity index (χ3n) is 5.59. The number of anilines is 2. The van der Waals surface area contributed by atoms with Crippen molar-refractivity contribution < 1.29 is 35.9 Å². The van der Waals surface area contributed by atoms with Crippen molar-refractivity contribution in [1.29, 1.82) is 0 Å². The van der Waals surface area contributed by atoms with Crippen molar-refractivity contribution in [2.45, 2.75) is 24.8 Å². The summed E-state index contributed by atoms with van der Waals surface area (Å²) in [6.07, 6.45) is -8.68. The van der Waals surface area contributed by atoms with E-state index in [0.29, 0.717) is 23.4 Å². The van der Waals surface area contributed by atoms with E-state index in [1.807, 2.05) is 0 Å². The number of para-hydroxylation sites is 1. The first-order chi connectivity index (χ1) is 15.5. The molecule has 0 radical (unpaired) electrons. The highest BCUT2D eigenvalue weighted by molar-refractivity contribution is 5.99. The molecule has 33 heavy (non-hydrogen) atoms. The van der Waals surface area contributed by atoms with E-state index in [9.17, 15) is 31.1 Å². The third-order valence-corrected chi connectivity index (χ3v) is 5.59. The number of carbonyl (C=O) groups is 1. The second kappa shape index (κ2) is 8.13. The summed E-state index contributed by atoms with van der Waals surface area (Å²) in [6.45, 7) is 0. The van der Waals surface area contributed by atoms with Crippen LogP contribution in [0.3, 0.4) is 0 Å². The van der Waals surface area contributed by atoms with Gasteiger partial charge in [-0.1, -0.05) is 24.3 Å². The molecule has 0 saturated carbocycles. The van der Waals surface area contributed by atoms with Crippen LogP contribution in [0.4, 0.5) is 37.7 Å². The number of nitrogens with zero attached hydrogens (tertiary/aromatic N) is 1. The summed E-state index contributed by atoms with van der Waals surface area (Å²) in [5, 5.41) is 0. The second-order valence-electron chi connectivity index (χ2n) is 7.56. The lowest BCUT2D eigenvalue weighted by Crippen LogP contribution is -2.22. The molecule has 1 heterocycles. The number of hydrogen-bond acceptors (Lipinski definition) is 3. The van der Waals surface area contributed by atoms with Crippen molar-refractivity contribution >= 4 is 17.3 Å². The Morgan fingerprint density at radius 3 is 1.91 bits per heavy atom. The first-order valence-electron chi connectivity index (χ1n) is 9.84. The standard InChI is InChI=1S/C24H17F6NO2/c1-33-22(32)19-4-2-3-15-13-20(14-5-7-16(8-6-14)23(25,26)27)31(21(15)19)18-11-9-17(10-12-18)24(28,29)30/h2-12,20H,13H2,1H3. The normalized spacial score (nSPS) is 16.0. The first-order valence-corrected chi connectivity index (χ1v) is 9.84. The predicted molar refractivity (Wildman–Crippen MR) is 109 cm³/mol. The zero-order chi connectivity index (χ0) is 24.0. The number of carbonyl (C=O) groups excluding carboxylic acids is 1. The zero-order valence-electron chi connectivity index (χ0n) is 17.2. The van der Waals surface area contributed by atoms with Crippen LogP contribution >= 0.6 is 0 Å². The minimum absolute atomic E-state index is 0.212. The Balaban J connectivity index is 1.84. The highest BCUT2D eigenvalue weighted by atomic mass is 19.4. The fraction of sp³-hybridized carbons (Fsp3) is 0.208. The zero-order valence-corrected chi connectivity index (χ0v) is 17.2. The van der Waals surface area contributed by atoms with Crippen molar-refractivity contribution in [1.82, 2.24) is 0 Å². The smallest absolute Gasteiger partial charge is 0.416 e. The lowest BCUT2D eigenvalue weighted by molar-refractivity contribution is -0.138. The molecule has 3 aromatic rings. The molecule has 0 saturated heterocycles. The van der Waals surface area contributed by atoms with E-state index in [4.69, 9.17) is 4.74 Å². The van der Waals surface area contributed by atoms with Crippen LogP contribution in [0.2, 0.25) is 0 Å². The number of methoxy groups -OCH3 is 1. The summed E-state index contributed by atoms with van der Waals surface area (Å²) < 4.78 is 83.1. The van der Waals surface area contributed by atoms with Gasteiger partial charge in [0, 0.05) is 5.69 Å². The summed E-state index contributed by atoms with van der Waals surface area (Å²) >= 11 is 0. The van der Waals surface area contributed by atoms with E-state index in [2.05, 4.69) is 0 Å². The molecule has 0 amide bonds. The number of esters is 1. The van der Waals surface area contributed by atoms with Crippen molar-refractivity contribution in [2.75, 3.05) is 12.0 Å². The summed E-state index contributed by atoms with van der Waals surface area (Å²) in [7, 11) is 1.21. The van der Waals surface area contributed by atoms with E-state index >= 15 is 0 Å². The third kappa shape index (κ3) is 4.27. The monoisotopic (exact) mass is 465 g/mol. The molecule has 9 heteroatoms. The van der Waals surface area contributed by atoms with E-state index in [0.717, 1.165) is 29.8 Å². The summed E-state index contributed by atoms with van der Waals surface area (Å²) in [4.78, 5) is 14.1. The van der Waals surface area contributed by atoms with Crippen LogP contribution in [0.15, 0.2) is 66.7 Å². The van der Waals surface area contributed by atoms with Gasteiger partial charge in [0.05, 0.1) is 35.5 Å². The molecule has 0 spiro atoms. The van der Waals surface area contributed by atoms with E-state index in [1.54, 1.807) is 17.0 Å². The Bertz CT molecular complexity index is 1170. The van der Waals surface area contributed by atoms with Crippen molar-refractivity contribution in [3.63, 3.8) is 0 Å². The summed E-state index contributed by atoms with van der Waals surface area (Å²) in [6, 6.07) is 13.5. The Morgan fingerprint density at radius 1 is 0.848 bits per heavy atom. The number of ether oxygens (including phenoxy) is 1. The SMILES string of the molecule is COC(=O)c1cccc2c1N(c1ccc(C(F)(F)F)cc1)C(c1ccc(C(F)(F)F)cc1)C2. The Labute approximate surface area is 185 Å². The van der Waals surface area contributed by atoms with Gasteiger partial charge >= 0.3 is 18.3 Å². The number of alkyl halides is 6. The molecule has 1 atom stereocenters. The van der Waals surface area contributed by atoms with Crippen LogP contribution in [0.1, 0.15) is 38.7 Å². The number of hydrogen-bond donors (Lipinski definition) is 0. The fourth-order valence-corrected chi connectivity index (χ4v) is 4.05. The minimum Gasteiger partial charge on any atom is -0.465 e. The molecular weight excluding hydrogens is 448 g/mol. The number of benzene rings is 3. The molecule has 0 aliphatic carbocycles. The largest absolute Gasteiger partial charge is 0.465 e. The summed E-state index contributed by atoms with van der Waals surface area (Å²) in [5.74, 6) is -0.628. The van der Waals surface area contributed by atoms with Gasteiger partial charge in [-0.2, -0.15) is 26.3 Å². The Kier molecular flexibility index (Phi) is 5.59. The van der Waals surface area contributed by atoms with Gasteiger partial charge in [0.25, 0.3) is 0 Å². The van der Waals surface area contributed by atoms with E-state index in [1.165, 1.54) is 37.4 Å². The molecule has 4 rings (SSSR count). The number of rotatable bonds is 3. The van der Waals surface area contributed by atoms with Crippen LogP contribution in [-0.2, 0) is 23.5 Å². The average molecular weight is 465 g/mol. The van der Waals surface area contributed by atoms with Crippen LogP contribution in [0.5, 0.6) is 0 Å². The van der Waals surface area contributed by atoms with E-state index in [-0.39, 0.29) is 5.56 Å². The maximum Gasteiger partial charge on any atom is 0.416 e. The molecule has 1 aliphatic heterocycles. The molecule has 3 nitrogen and oxygen atoms in total. The van der Waals surface area contributed by atoms with Crippen molar-refractivity contribution in [3.05, 3.63) is 94.5 Å². The highest BCUT2D eigenvalue weighted by Gasteiger charge is 2.37. The van der Waals surface area contributed by atoms with Gasteiger partial charge in [-0.05, 0) is 60.0 Å².